The molecule has 1 unspecified atom stereocenters. The fourth-order valence-corrected chi connectivity index (χ4v) is 1.85. The van der Waals surface area contributed by atoms with Crippen LogP contribution in [0.15, 0.2) is 24.0 Å². The Labute approximate surface area is 79.2 Å². The van der Waals surface area contributed by atoms with Crippen LogP contribution in [0.25, 0.3) is 0 Å². The number of rotatable bonds is 1. The number of ether oxygens (including phenoxy) is 2. The molecule has 1 saturated carbocycles. The first kappa shape index (κ1) is 8.82. The summed E-state index contributed by atoms with van der Waals surface area (Å²) in [6.07, 6.45) is 8.42. The highest BCUT2D eigenvalue weighted by atomic mass is 16.7. The van der Waals surface area contributed by atoms with E-state index in [1.807, 2.05) is 0 Å². The smallest absolute Gasteiger partial charge is 0.219 e. The summed E-state index contributed by atoms with van der Waals surface area (Å²) in [5.41, 5.74) is 1.49. The van der Waals surface area contributed by atoms with Crippen LogP contribution in [0.4, 0.5) is 0 Å². The molecule has 0 N–H and O–H groups in total. The molecule has 13 heavy (non-hydrogen) atoms. The molecule has 0 aromatic carbocycles. The van der Waals surface area contributed by atoms with Gasteiger partial charge >= 0.3 is 0 Å². The van der Waals surface area contributed by atoms with Crippen molar-refractivity contribution in [2.75, 3.05) is 6.61 Å². The van der Waals surface area contributed by atoms with Crippen LogP contribution in [-0.4, -0.2) is 12.9 Å². The average Bonchev–Trinajstić information content (AvgIpc) is 2.53. The van der Waals surface area contributed by atoms with E-state index in [-0.39, 0.29) is 6.29 Å². The highest BCUT2D eigenvalue weighted by Crippen LogP contribution is 2.25. The lowest BCUT2D eigenvalue weighted by Crippen LogP contribution is -2.05. The van der Waals surface area contributed by atoms with Crippen molar-refractivity contribution in [2.45, 2.75) is 38.4 Å². The fourth-order valence-electron chi connectivity index (χ4n) is 1.85. The van der Waals surface area contributed by atoms with Crippen molar-refractivity contribution in [1.82, 2.24) is 0 Å². The molecule has 0 amide bonds. The quantitative estimate of drug-likeness (QED) is 0.578. The van der Waals surface area contributed by atoms with Gasteiger partial charge in [-0.2, -0.15) is 0 Å². The minimum Gasteiger partial charge on any atom is -0.464 e. The molecule has 1 atom stereocenters. The van der Waals surface area contributed by atoms with Gasteiger partial charge in [0.1, 0.15) is 12.4 Å². The molecular formula is C11H16O2. The van der Waals surface area contributed by atoms with Gasteiger partial charge in [0, 0.05) is 0 Å². The molecule has 0 radical (unpaired) electrons. The number of hydrogen-bond donors (Lipinski definition) is 0. The van der Waals surface area contributed by atoms with Crippen molar-refractivity contribution in [2.24, 2.45) is 0 Å². The van der Waals surface area contributed by atoms with Crippen molar-refractivity contribution in [3.8, 4) is 0 Å². The second kappa shape index (κ2) is 3.97. The van der Waals surface area contributed by atoms with Gasteiger partial charge in [0.05, 0.1) is 0 Å². The maximum absolute atomic E-state index is 5.37. The second-order valence-corrected chi connectivity index (χ2v) is 3.72. The monoisotopic (exact) mass is 180 g/mol. The van der Waals surface area contributed by atoms with Crippen LogP contribution >= 0.6 is 0 Å². The molecule has 0 bridgehead atoms. The van der Waals surface area contributed by atoms with Gasteiger partial charge in [-0.15, -0.1) is 0 Å². The molecule has 72 valence electrons. The van der Waals surface area contributed by atoms with Crippen molar-refractivity contribution in [3.63, 3.8) is 0 Å². The second-order valence-electron chi connectivity index (χ2n) is 3.72. The van der Waals surface area contributed by atoms with E-state index in [1.165, 1.54) is 37.7 Å². The predicted octanol–water partition coefficient (Wildman–Crippen LogP) is 2.76. The molecule has 1 heterocycles. The standard InChI is InChI=1S/C11H16O2/c1-9-8-12-11(13-9)7-10-5-3-2-4-6-10/h7,11H,1-6,8H2. The van der Waals surface area contributed by atoms with Crippen molar-refractivity contribution in [1.29, 1.82) is 0 Å². The van der Waals surface area contributed by atoms with Gasteiger partial charge in [-0.25, -0.2) is 0 Å². The molecule has 2 fully saturated rings. The van der Waals surface area contributed by atoms with E-state index in [0.717, 1.165) is 5.76 Å². The Bertz CT molecular complexity index is 222. The Balaban J connectivity index is 1.90. The third-order valence-electron chi connectivity index (χ3n) is 2.56. The van der Waals surface area contributed by atoms with Crippen LogP contribution in [-0.2, 0) is 9.47 Å². The van der Waals surface area contributed by atoms with Crippen LogP contribution < -0.4 is 0 Å². The largest absolute Gasteiger partial charge is 0.464 e. The zero-order chi connectivity index (χ0) is 9.10. The van der Waals surface area contributed by atoms with E-state index in [9.17, 15) is 0 Å². The lowest BCUT2D eigenvalue weighted by atomic mass is 9.95. The Morgan fingerprint density at radius 1 is 1.23 bits per heavy atom. The molecule has 2 heteroatoms. The molecule has 1 aliphatic heterocycles. The van der Waals surface area contributed by atoms with Gasteiger partial charge in [-0.1, -0.05) is 18.6 Å². The third kappa shape index (κ3) is 2.34. The summed E-state index contributed by atoms with van der Waals surface area (Å²) in [6.45, 7) is 4.27. The van der Waals surface area contributed by atoms with Crippen LogP contribution in [0.3, 0.4) is 0 Å². The SMILES string of the molecule is C=C1COC(C=C2CCCCC2)O1. The van der Waals surface area contributed by atoms with Gasteiger partial charge in [0.25, 0.3) is 0 Å². The Kier molecular flexibility index (Phi) is 2.69. The summed E-state index contributed by atoms with van der Waals surface area (Å²) in [5, 5.41) is 0. The molecule has 0 aromatic rings. The van der Waals surface area contributed by atoms with E-state index in [0.29, 0.717) is 6.61 Å². The molecule has 1 aliphatic carbocycles. The van der Waals surface area contributed by atoms with Crippen LogP contribution in [0, 0.1) is 0 Å². The Morgan fingerprint density at radius 3 is 2.62 bits per heavy atom. The first-order valence-electron chi connectivity index (χ1n) is 5.00. The highest BCUT2D eigenvalue weighted by molar-refractivity contribution is 5.07. The number of allylic oxidation sites excluding steroid dienone is 1. The van der Waals surface area contributed by atoms with Crippen LogP contribution in [0.5, 0.6) is 0 Å². The van der Waals surface area contributed by atoms with E-state index < -0.39 is 0 Å². The maximum atomic E-state index is 5.37. The topological polar surface area (TPSA) is 18.5 Å². The summed E-state index contributed by atoms with van der Waals surface area (Å²) in [7, 11) is 0. The lowest BCUT2D eigenvalue weighted by Gasteiger charge is -2.14. The molecule has 2 aliphatic rings. The van der Waals surface area contributed by atoms with Gasteiger partial charge in [0.15, 0.2) is 0 Å². The summed E-state index contributed by atoms with van der Waals surface area (Å²) < 4.78 is 10.7. The maximum Gasteiger partial charge on any atom is 0.219 e. The van der Waals surface area contributed by atoms with Gasteiger partial charge in [-0.3, -0.25) is 0 Å². The van der Waals surface area contributed by atoms with Crippen LogP contribution in [0.1, 0.15) is 32.1 Å². The van der Waals surface area contributed by atoms with Crippen molar-refractivity contribution < 1.29 is 9.47 Å². The van der Waals surface area contributed by atoms with Gasteiger partial charge < -0.3 is 9.47 Å². The molecule has 0 spiro atoms. The van der Waals surface area contributed by atoms with E-state index in [1.54, 1.807) is 0 Å². The highest BCUT2D eigenvalue weighted by Gasteiger charge is 2.18. The summed E-state index contributed by atoms with van der Waals surface area (Å²) >= 11 is 0. The third-order valence-corrected chi connectivity index (χ3v) is 2.56. The molecule has 1 saturated heterocycles. The normalized spacial score (nSPS) is 28.8. The van der Waals surface area contributed by atoms with Crippen molar-refractivity contribution >= 4 is 0 Å². The van der Waals surface area contributed by atoms with E-state index >= 15 is 0 Å². The molecular weight excluding hydrogens is 164 g/mol. The first-order valence-corrected chi connectivity index (χ1v) is 5.00. The molecule has 2 rings (SSSR count). The minimum absolute atomic E-state index is 0.152. The first-order chi connectivity index (χ1) is 6.34. The van der Waals surface area contributed by atoms with Gasteiger partial charge in [-0.05, 0) is 31.8 Å². The Morgan fingerprint density at radius 2 is 2.00 bits per heavy atom. The zero-order valence-electron chi connectivity index (χ0n) is 7.92. The lowest BCUT2D eigenvalue weighted by molar-refractivity contribution is 0.00797. The minimum atomic E-state index is -0.152. The Hall–Kier alpha value is -0.760. The molecule has 2 nitrogen and oxygen atoms in total. The summed E-state index contributed by atoms with van der Waals surface area (Å²) in [4.78, 5) is 0. The average molecular weight is 180 g/mol. The van der Waals surface area contributed by atoms with E-state index in [2.05, 4.69) is 12.7 Å². The predicted molar refractivity (Wildman–Crippen MR) is 51.1 cm³/mol. The number of hydrogen-bond acceptors (Lipinski definition) is 2. The zero-order valence-corrected chi connectivity index (χ0v) is 7.92. The van der Waals surface area contributed by atoms with E-state index in [4.69, 9.17) is 9.47 Å². The van der Waals surface area contributed by atoms with Crippen LogP contribution in [0.2, 0.25) is 0 Å². The summed E-state index contributed by atoms with van der Waals surface area (Å²) in [5.74, 6) is 0.748. The molecule has 0 aromatic heterocycles. The fraction of sp³-hybridized carbons (Fsp3) is 0.636. The van der Waals surface area contributed by atoms with Gasteiger partial charge in [0.2, 0.25) is 6.29 Å². The summed E-state index contributed by atoms with van der Waals surface area (Å²) in [6, 6.07) is 0. The van der Waals surface area contributed by atoms with Crippen molar-refractivity contribution in [3.05, 3.63) is 24.0 Å².